The molecule has 0 radical (unpaired) electrons. The van der Waals surface area contributed by atoms with Gasteiger partial charge in [0.25, 0.3) is 5.91 Å². The summed E-state index contributed by atoms with van der Waals surface area (Å²) in [6.45, 7) is 1.45. The van der Waals surface area contributed by atoms with E-state index in [0.29, 0.717) is 5.92 Å². The Morgan fingerprint density at radius 2 is 1.87 bits per heavy atom. The number of hydrogen-bond acceptors (Lipinski definition) is 4. The number of hydrogen-bond donors (Lipinski definition) is 1. The van der Waals surface area contributed by atoms with Crippen molar-refractivity contribution >= 4 is 11.9 Å². The van der Waals surface area contributed by atoms with Gasteiger partial charge in [-0.1, -0.05) is 0 Å². The van der Waals surface area contributed by atoms with Crippen LogP contribution in [0, 0.1) is 5.92 Å². The summed E-state index contributed by atoms with van der Waals surface area (Å²) in [5.41, 5.74) is 0.0302. The molecule has 1 aliphatic carbocycles. The molecule has 126 valence electrons. The van der Waals surface area contributed by atoms with Crippen LogP contribution in [-0.2, 0) is 9.53 Å². The van der Waals surface area contributed by atoms with Crippen molar-refractivity contribution in [2.75, 3.05) is 6.61 Å². The molecule has 1 fully saturated rings. The van der Waals surface area contributed by atoms with Gasteiger partial charge >= 0.3 is 12.3 Å². The molecule has 0 heterocycles. The minimum atomic E-state index is -4.79. The monoisotopic (exact) mass is 331 g/mol. The Kier molecular flexibility index (Phi) is 5.12. The van der Waals surface area contributed by atoms with Crippen molar-refractivity contribution in [2.24, 2.45) is 5.92 Å². The first kappa shape index (κ1) is 17.1. The molecule has 0 unspecified atom stereocenters. The number of amides is 1. The Balaban J connectivity index is 1.79. The number of benzene rings is 1. The van der Waals surface area contributed by atoms with Crippen molar-refractivity contribution in [1.82, 2.24) is 5.32 Å². The molecule has 1 atom stereocenters. The molecule has 5 nitrogen and oxygen atoms in total. The van der Waals surface area contributed by atoms with E-state index in [1.807, 2.05) is 6.92 Å². The van der Waals surface area contributed by atoms with Gasteiger partial charge < -0.3 is 14.8 Å². The van der Waals surface area contributed by atoms with Crippen LogP contribution in [0.2, 0.25) is 0 Å². The third-order valence-electron chi connectivity index (χ3n) is 3.38. The summed E-state index contributed by atoms with van der Waals surface area (Å²) in [4.78, 5) is 23.3. The molecule has 2 rings (SSSR count). The van der Waals surface area contributed by atoms with Gasteiger partial charge in [0, 0.05) is 6.04 Å². The van der Waals surface area contributed by atoms with Gasteiger partial charge in [-0.15, -0.1) is 13.2 Å². The van der Waals surface area contributed by atoms with Crippen LogP contribution in [0.5, 0.6) is 5.75 Å². The summed E-state index contributed by atoms with van der Waals surface area (Å²) in [5.74, 6) is -1.16. The molecule has 1 aromatic carbocycles. The highest BCUT2D eigenvalue weighted by molar-refractivity contribution is 5.91. The van der Waals surface area contributed by atoms with Gasteiger partial charge in [-0.05, 0) is 49.9 Å². The number of carbonyl (C=O) groups is 2. The number of ether oxygens (including phenoxy) is 2. The standard InChI is InChI=1S/C15H16F3NO4/c1-9(10-2-3-10)19-13(20)8-22-14(21)11-4-6-12(7-5-11)23-15(16,17)18/h4-7,9-10H,2-3,8H2,1H3,(H,19,20)/t9-/m0/s1. The van der Waals surface area contributed by atoms with E-state index in [1.165, 1.54) is 0 Å². The lowest BCUT2D eigenvalue weighted by molar-refractivity contribution is -0.274. The van der Waals surface area contributed by atoms with Gasteiger partial charge in [-0.25, -0.2) is 4.79 Å². The lowest BCUT2D eigenvalue weighted by Gasteiger charge is -2.13. The normalized spacial score (nSPS) is 15.7. The summed E-state index contributed by atoms with van der Waals surface area (Å²) in [7, 11) is 0. The molecular formula is C15H16F3NO4. The van der Waals surface area contributed by atoms with Crippen LogP contribution in [0.4, 0.5) is 13.2 Å². The van der Waals surface area contributed by atoms with Crippen molar-refractivity contribution in [3.8, 4) is 5.75 Å². The number of carbonyl (C=O) groups excluding carboxylic acids is 2. The Bertz CT molecular complexity index is 567. The maximum Gasteiger partial charge on any atom is 0.573 e. The highest BCUT2D eigenvalue weighted by atomic mass is 19.4. The summed E-state index contributed by atoms with van der Waals surface area (Å²) < 4.78 is 44.6. The highest BCUT2D eigenvalue weighted by Crippen LogP contribution is 2.32. The molecule has 1 saturated carbocycles. The van der Waals surface area contributed by atoms with Gasteiger partial charge in [-0.3, -0.25) is 4.79 Å². The number of nitrogens with one attached hydrogen (secondary N) is 1. The van der Waals surface area contributed by atoms with E-state index >= 15 is 0 Å². The van der Waals surface area contributed by atoms with Gasteiger partial charge in [-0.2, -0.15) is 0 Å². The summed E-state index contributed by atoms with van der Waals surface area (Å²) in [6.07, 6.45) is -2.64. The minimum Gasteiger partial charge on any atom is -0.452 e. The molecule has 0 saturated heterocycles. The smallest absolute Gasteiger partial charge is 0.452 e. The lowest BCUT2D eigenvalue weighted by atomic mass is 10.2. The number of alkyl halides is 3. The van der Waals surface area contributed by atoms with Crippen LogP contribution >= 0.6 is 0 Å². The SMILES string of the molecule is C[C@H](NC(=O)COC(=O)c1ccc(OC(F)(F)F)cc1)C1CC1. The van der Waals surface area contributed by atoms with Crippen LogP contribution < -0.4 is 10.1 Å². The van der Waals surface area contributed by atoms with Crippen LogP contribution in [0.15, 0.2) is 24.3 Å². The molecular weight excluding hydrogens is 315 g/mol. The third kappa shape index (κ3) is 5.80. The molecule has 1 aromatic rings. The number of esters is 1. The van der Waals surface area contributed by atoms with Gasteiger partial charge in [0.05, 0.1) is 5.56 Å². The van der Waals surface area contributed by atoms with Crippen molar-refractivity contribution < 1.29 is 32.2 Å². The molecule has 0 aromatic heterocycles. The Labute approximate surface area is 130 Å². The first-order valence-electron chi connectivity index (χ1n) is 7.07. The Morgan fingerprint density at radius 3 is 2.39 bits per heavy atom. The van der Waals surface area contributed by atoms with Gasteiger partial charge in [0.2, 0.25) is 0 Å². The van der Waals surface area contributed by atoms with E-state index in [2.05, 4.69) is 10.1 Å². The second-order valence-electron chi connectivity index (χ2n) is 5.34. The van der Waals surface area contributed by atoms with Crippen molar-refractivity contribution in [1.29, 1.82) is 0 Å². The Hall–Kier alpha value is -2.25. The van der Waals surface area contributed by atoms with Gasteiger partial charge in [0.1, 0.15) is 5.75 Å². The average molecular weight is 331 g/mol. The first-order valence-corrected chi connectivity index (χ1v) is 7.07. The second kappa shape index (κ2) is 6.89. The maximum absolute atomic E-state index is 12.0. The highest BCUT2D eigenvalue weighted by Gasteiger charge is 2.31. The van der Waals surface area contributed by atoms with E-state index in [0.717, 1.165) is 37.1 Å². The average Bonchev–Trinajstić information content (AvgIpc) is 3.28. The first-order chi connectivity index (χ1) is 10.7. The predicted octanol–water partition coefficient (Wildman–Crippen LogP) is 2.66. The zero-order valence-corrected chi connectivity index (χ0v) is 12.4. The molecule has 1 aliphatic rings. The zero-order chi connectivity index (χ0) is 17.0. The van der Waals surface area contributed by atoms with E-state index in [9.17, 15) is 22.8 Å². The van der Waals surface area contributed by atoms with Crippen LogP contribution in [-0.4, -0.2) is 30.9 Å². The third-order valence-corrected chi connectivity index (χ3v) is 3.38. The van der Waals surface area contributed by atoms with Crippen LogP contribution in [0.1, 0.15) is 30.1 Å². The van der Waals surface area contributed by atoms with Crippen molar-refractivity contribution in [2.45, 2.75) is 32.2 Å². The van der Waals surface area contributed by atoms with E-state index in [4.69, 9.17) is 4.74 Å². The second-order valence-corrected chi connectivity index (χ2v) is 5.34. The quantitative estimate of drug-likeness (QED) is 0.814. The van der Waals surface area contributed by atoms with Crippen molar-refractivity contribution in [3.05, 3.63) is 29.8 Å². The lowest BCUT2D eigenvalue weighted by Crippen LogP contribution is -2.37. The van der Waals surface area contributed by atoms with E-state index in [1.54, 1.807) is 0 Å². The summed E-state index contributed by atoms with van der Waals surface area (Å²) >= 11 is 0. The summed E-state index contributed by atoms with van der Waals surface area (Å²) in [5, 5.41) is 2.72. The Morgan fingerprint density at radius 1 is 1.26 bits per heavy atom. The van der Waals surface area contributed by atoms with E-state index in [-0.39, 0.29) is 11.6 Å². The number of rotatable bonds is 6. The largest absolute Gasteiger partial charge is 0.573 e. The molecule has 0 aliphatic heterocycles. The fraction of sp³-hybridized carbons (Fsp3) is 0.467. The van der Waals surface area contributed by atoms with Crippen LogP contribution in [0.3, 0.4) is 0 Å². The molecule has 8 heteroatoms. The molecule has 1 N–H and O–H groups in total. The topological polar surface area (TPSA) is 64.6 Å². The minimum absolute atomic E-state index is 0.0302. The van der Waals surface area contributed by atoms with Crippen LogP contribution in [0.25, 0.3) is 0 Å². The number of halogens is 3. The zero-order valence-electron chi connectivity index (χ0n) is 12.4. The fourth-order valence-electron chi connectivity index (χ4n) is 2.02. The molecule has 0 bridgehead atoms. The molecule has 0 spiro atoms. The van der Waals surface area contributed by atoms with Gasteiger partial charge in [0.15, 0.2) is 6.61 Å². The van der Waals surface area contributed by atoms with E-state index < -0.39 is 30.6 Å². The van der Waals surface area contributed by atoms with Crippen molar-refractivity contribution in [3.63, 3.8) is 0 Å². The summed E-state index contributed by atoms with van der Waals surface area (Å²) in [6, 6.07) is 4.31. The predicted molar refractivity (Wildman–Crippen MR) is 73.7 cm³/mol. The maximum atomic E-state index is 12.0. The molecule has 23 heavy (non-hydrogen) atoms. The fourth-order valence-corrected chi connectivity index (χ4v) is 2.02. The molecule has 1 amide bonds.